The molecule has 1 aromatic rings. The Labute approximate surface area is 106 Å². The van der Waals surface area contributed by atoms with Crippen molar-refractivity contribution in [2.75, 3.05) is 32.7 Å². The van der Waals surface area contributed by atoms with Gasteiger partial charge in [0.25, 0.3) is 0 Å². The van der Waals surface area contributed by atoms with E-state index in [0.29, 0.717) is 0 Å². The Morgan fingerprint density at radius 3 is 2.78 bits per heavy atom. The number of aromatic nitrogens is 1. The fourth-order valence-electron chi connectivity index (χ4n) is 2.25. The molecule has 0 bridgehead atoms. The van der Waals surface area contributed by atoms with E-state index in [1.54, 1.807) is 0 Å². The highest BCUT2D eigenvalue weighted by Crippen LogP contribution is 2.09. The van der Waals surface area contributed by atoms with E-state index in [-0.39, 0.29) is 6.54 Å². The molecule has 2 heterocycles. The van der Waals surface area contributed by atoms with Crippen molar-refractivity contribution >= 4 is 5.97 Å². The summed E-state index contributed by atoms with van der Waals surface area (Å²) in [6.07, 6.45) is 0.990. The Morgan fingerprint density at radius 1 is 1.39 bits per heavy atom. The molecule has 0 aliphatic carbocycles. The van der Waals surface area contributed by atoms with Gasteiger partial charge in [0.15, 0.2) is 0 Å². The molecule has 0 spiro atoms. The zero-order valence-electron chi connectivity index (χ0n) is 10.6. The number of carbonyl (C=O) groups is 1. The molecule has 0 amide bonds. The van der Waals surface area contributed by atoms with Crippen LogP contribution in [0.15, 0.2) is 10.6 Å². The van der Waals surface area contributed by atoms with Crippen LogP contribution in [-0.4, -0.2) is 58.8 Å². The lowest BCUT2D eigenvalue weighted by molar-refractivity contribution is -0.138. The molecule has 6 nitrogen and oxygen atoms in total. The largest absolute Gasteiger partial charge is 0.480 e. The number of hydrogen-bond donors (Lipinski definition) is 1. The van der Waals surface area contributed by atoms with Crippen molar-refractivity contribution in [2.45, 2.75) is 19.9 Å². The Bertz CT molecular complexity index is 405. The van der Waals surface area contributed by atoms with Gasteiger partial charge in [0.1, 0.15) is 5.76 Å². The smallest absolute Gasteiger partial charge is 0.317 e. The molecule has 0 atom stereocenters. The summed E-state index contributed by atoms with van der Waals surface area (Å²) in [5.74, 6) is 0.0721. The molecule has 1 aliphatic heterocycles. The first-order valence-electron chi connectivity index (χ1n) is 6.22. The van der Waals surface area contributed by atoms with Crippen LogP contribution < -0.4 is 0 Å². The summed E-state index contributed by atoms with van der Waals surface area (Å²) in [6.45, 7) is 6.29. The summed E-state index contributed by atoms with van der Waals surface area (Å²) in [6, 6.07) is 1.94. The minimum Gasteiger partial charge on any atom is -0.480 e. The lowest BCUT2D eigenvalue weighted by Gasteiger charge is -2.19. The van der Waals surface area contributed by atoms with Gasteiger partial charge in [-0.25, -0.2) is 0 Å². The molecule has 1 aliphatic rings. The van der Waals surface area contributed by atoms with E-state index in [0.717, 1.165) is 50.6 Å². The summed E-state index contributed by atoms with van der Waals surface area (Å²) >= 11 is 0. The normalized spacial score (nSPS) is 18.7. The van der Waals surface area contributed by atoms with Crippen LogP contribution in [0.25, 0.3) is 0 Å². The molecule has 2 rings (SSSR count). The van der Waals surface area contributed by atoms with Crippen LogP contribution in [0.4, 0.5) is 0 Å². The third kappa shape index (κ3) is 3.82. The fourth-order valence-corrected chi connectivity index (χ4v) is 2.25. The van der Waals surface area contributed by atoms with Crippen molar-refractivity contribution in [1.82, 2.24) is 15.0 Å². The van der Waals surface area contributed by atoms with E-state index < -0.39 is 5.97 Å². The molecule has 1 fully saturated rings. The number of carboxylic acid groups (broad SMARTS) is 1. The van der Waals surface area contributed by atoms with E-state index in [1.165, 1.54) is 0 Å². The molecule has 0 saturated carbocycles. The first kappa shape index (κ1) is 13.0. The second-order valence-electron chi connectivity index (χ2n) is 4.73. The molecular weight excluding hydrogens is 234 g/mol. The molecule has 100 valence electrons. The van der Waals surface area contributed by atoms with Gasteiger partial charge in [0, 0.05) is 32.2 Å². The van der Waals surface area contributed by atoms with Gasteiger partial charge in [-0.3, -0.25) is 14.6 Å². The van der Waals surface area contributed by atoms with Gasteiger partial charge in [-0.15, -0.1) is 0 Å². The van der Waals surface area contributed by atoms with E-state index in [1.807, 2.05) is 17.9 Å². The highest BCUT2D eigenvalue weighted by atomic mass is 16.5. The molecule has 1 saturated heterocycles. The van der Waals surface area contributed by atoms with E-state index in [2.05, 4.69) is 10.1 Å². The first-order chi connectivity index (χ1) is 8.63. The van der Waals surface area contributed by atoms with Crippen molar-refractivity contribution in [3.63, 3.8) is 0 Å². The minimum atomic E-state index is -0.754. The highest BCUT2D eigenvalue weighted by Gasteiger charge is 2.17. The highest BCUT2D eigenvalue weighted by molar-refractivity contribution is 5.69. The monoisotopic (exact) mass is 253 g/mol. The van der Waals surface area contributed by atoms with Crippen LogP contribution in [0, 0.1) is 6.92 Å². The third-order valence-electron chi connectivity index (χ3n) is 3.10. The molecule has 6 heteroatoms. The number of aryl methyl sites for hydroxylation is 1. The number of nitrogens with zero attached hydrogens (tertiary/aromatic N) is 3. The molecular formula is C12H19N3O3. The number of rotatable bonds is 4. The second-order valence-corrected chi connectivity index (χ2v) is 4.73. The van der Waals surface area contributed by atoms with Crippen molar-refractivity contribution < 1.29 is 14.4 Å². The average Bonchev–Trinajstić information content (AvgIpc) is 2.57. The molecule has 0 unspecified atom stereocenters. The van der Waals surface area contributed by atoms with Crippen molar-refractivity contribution in [2.24, 2.45) is 0 Å². The maximum atomic E-state index is 10.7. The van der Waals surface area contributed by atoms with Gasteiger partial charge >= 0.3 is 5.97 Å². The van der Waals surface area contributed by atoms with Gasteiger partial charge in [0.2, 0.25) is 0 Å². The van der Waals surface area contributed by atoms with E-state index >= 15 is 0 Å². The van der Waals surface area contributed by atoms with Crippen molar-refractivity contribution in [3.05, 3.63) is 17.5 Å². The minimum absolute atomic E-state index is 0.136. The fraction of sp³-hybridized carbons (Fsp3) is 0.667. The number of hydrogen-bond acceptors (Lipinski definition) is 5. The molecule has 0 aromatic carbocycles. The summed E-state index contributed by atoms with van der Waals surface area (Å²) in [7, 11) is 0. The zero-order valence-corrected chi connectivity index (χ0v) is 10.6. The van der Waals surface area contributed by atoms with Gasteiger partial charge in [-0.2, -0.15) is 0 Å². The van der Waals surface area contributed by atoms with Crippen LogP contribution in [0.3, 0.4) is 0 Å². The second kappa shape index (κ2) is 5.97. The Morgan fingerprint density at radius 2 is 2.11 bits per heavy atom. The molecule has 1 aromatic heterocycles. The van der Waals surface area contributed by atoms with Gasteiger partial charge in [0.05, 0.1) is 12.2 Å². The average molecular weight is 253 g/mol. The van der Waals surface area contributed by atoms with Gasteiger partial charge < -0.3 is 9.63 Å². The predicted molar refractivity (Wildman–Crippen MR) is 65.2 cm³/mol. The van der Waals surface area contributed by atoms with Gasteiger partial charge in [-0.05, 0) is 19.9 Å². The topological polar surface area (TPSA) is 69.8 Å². The van der Waals surface area contributed by atoms with E-state index in [9.17, 15) is 4.79 Å². The predicted octanol–water partition coefficient (Wildman–Crippen LogP) is 0.575. The molecule has 18 heavy (non-hydrogen) atoms. The maximum Gasteiger partial charge on any atom is 0.317 e. The zero-order chi connectivity index (χ0) is 13.0. The lowest BCUT2D eigenvalue weighted by atomic mass is 10.3. The summed E-state index contributed by atoms with van der Waals surface area (Å²) in [4.78, 5) is 15.0. The Balaban J connectivity index is 1.83. The summed E-state index contributed by atoms with van der Waals surface area (Å²) in [5.41, 5.74) is 0.944. The summed E-state index contributed by atoms with van der Waals surface area (Å²) in [5, 5.41) is 12.8. The van der Waals surface area contributed by atoms with E-state index in [4.69, 9.17) is 9.63 Å². The third-order valence-corrected chi connectivity index (χ3v) is 3.10. The summed E-state index contributed by atoms with van der Waals surface area (Å²) < 4.78 is 5.05. The number of aliphatic carboxylic acids is 1. The molecule has 0 radical (unpaired) electrons. The van der Waals surface area contributed by atoms with Crippen LogP contribution in [0.2, 0.25) is 0 Å². The van der Waals surface area contributed by atoms with Crippen LogP contribution in [-0.2, 0) is 11.3 Å². The van der Waals surface area contributed by atoms with Crippen molar-refractivity contribution in [1.29, 1.82) is 0 Å². The van der Waals surface area contributed by atoms with Crippen molar-refractivity contribution in [3.8, 4) is 0 Å². The Kier molecular flexibility index (Phi) is 4.33. The maximum absolute atomic E-state index is 10.7. The lowest BCUT2D eigenvalue weighted by Crippen LogP contribution is -2.34. The first-order valence-corrected chi connectivity index (χ1v) is 6.22. The molecule has 1 N–H and O–H groups in total. The van der Waals surface area contributed by atoms with Crippen LogP contribution >= 0.6 is 0 Å². The number of carboxylic acids is 1. The standard InChI is InChI=1S/C12H19N3O3/c1-10-7-11(13-18-10)8-14-3-2-4-15(6-5-14)9-12(16)17/h7H,2-6,8-9H2,1H3,(H,16,17). The SMILES string of the molecule is Cc1cc(CN2CCCN(CC(=O)O)CC2)no1. The van der Waals surface area contributed by atoms with Gasteiger partial charge in [-0.1, -0.05) is 5.16 Å². The van der Waals surface area contributed by atoms with Crippen LogP contribution in [0.5, 0.6) is 0 Å². The Hall–Kier alpha value is -1.40. The quantitative estimate of drug-likeness (QED) is 0.846. The van der Waals surface area contributed by atoms with Crippen LogP contribution in [0.1, 0.15) is 17.9 Å².